The van der Waals surface area contributed by atoms with E-state index in [1.165, 1.54) is 19.3 Å². The number of benzene rings is 1. The molecule has 3 N–H and O–H groups in total. The second kappa shape index (κ2) is 4.39. The minimum Gasteiger partial charge on any atom is -0.397 e. The van der Waals surface area contributed by atoms with E-state index in [1.54, 1.807) is 25.1 Å². The van der Waals surface area contributed by atoms with Gasteiger partial charge < -0.3 is 16.0 Å². The molecule has 0 aliphatic heterocycles. The predicted octanol–water partition coefficient (Wildman–Crippen LogP) is 2.43. The number of anilines is 2. The van der Waals surface area contributed by atoms with Gasteiger partial charge in [0, 0.05) is 25.7 Å². The number of carbonyl (C=O) groups excluding carboxylic acids is 1. The second-order valence-electron chi connectivity index (χ2n) is 7.16. The van der Waals surface area contributed by atoms with E-state index in [0.29, 0.717) is 17.3 Å². The van der Waals surface area contributed by atoms with Gasteiger partial charge in [-0.3, -0.25) is 4.79 Å². The van der Waals surface area contributed by atoms with Gasteiger partial charge in [-0.1, -0.05) is 0 Å². The average Bonchev–Trinajstić information content (AvgIpc) is 2.84. The average molecular weight is 285 g/mol. The van der Waals surface area contributed by atoms with Crippen molar-refractivity contribution in [1.29, 1.82) is 0 Å². The molecule has 2 bridgehead atoms. The molecule has 0 aromatic heterocycles. The van der Waals surface area contributed by atoms with E-state index in [9.17, 15) is 4.79 Å². The topological polar surface area (TPSA) is 58.4 Å². The Morgan fingerprint density at radius 3 is 2.48 bits per heavy atom. The zero-order valence-corrected chi connectivity index (χ0v) is 12.7. The zero-order valence-electron chi connectivity index (χ0n) is 12.7. The lowest BCUT2D eigenvalue weighted by Crippen LogP contribution is -2.22. The van der Waals surface area contributed by atoms with Gasteiger partial charge in [-0.05, 0) is 61.1 Å². The molecule has 3 aliphatic carbocycles. The highest BCUT2D eigenvalue weighted by Crippen LogP contribution is 2.66. The van der Waals surface area contributed by atoms with Crippen LogP contribution in [0.3, 0.4) is 0 Å². The van der Waals surface area contributed by atoms with Gasteiger partial charge >= 0.3 is 0 Å². The summed E-state index contributed by atoms with van der Waals surface area (Å²) in [7, 11) is 3.51. The van der Waals surface area contributed by atoms with Crippen molar-refractivity contribution in [3.8, 4) is 0 Å². The lowest BCUT2D eigenvalue weighted by atomic mass is 10.0. The predicted molar refractivity (Wildman–Crippen MR) is 84.1 cm³/mol. The number of nitrogens with two attached hydrogens (primary N) is 1. The third kappa shape index (κ3) is 1.92. The number of fused-ring (bicyclic) bond motifs is 5. The molecule has 1 aromatic carbocycles. The third-order valence-electron chi connectivity index (χ3n) is 5.76. The van der Waals surface area contributed by atoms with Gasteiger partial charge in [-0.2, -0.15) is 0 Å². The van der Waals surface area contributed by atoms with Gasteiger partial charge in [0.15, 0.2) is 0 Å². The number of nitrogens with one attached hydrogen (secondary N) is 1. The summed E-state index contributed by atoms with van der Waals surface area (Å²) in [5.41, 5.74) is 8.46. The van der Waals surface area contributed by atoms with Crippen LogP contribution < -0.4 is 11.1 Å². The maximum Gasteiger partial charge on any atom is 0.253 e. The summed E-state index contributed by atoms with van der Waals surface area (Å²) < 4.78 is 0. The van der Waals surface area contributed by atoms with Gasteiger partial charge in [-0.25, -0.2) is 0 Å². The number of hydrogen-bond donors (Lipinski definition) is 2. The number of nitrogen functional groups attached to an aromatic ring is 1. The van der Waals surface area contributed by atoms with Gasteiger partial charge in [0.05, 0.1) is 11.4 Å². The molecule has 4 nitrogen and oxygen atoms in total. The maximum absolute atomic E-state index is 11.9. The highest BCUT2D eigenvalue weighted by atomic mass is 16.2. The van der Waals surface area contributed by atoms with E-state index in [-0.39, 0.29) is 5.91 Å². The molecule has 3 fully saturated rings. The van der Waals surface area contributed by atoms with Crippen molar-refractivity contribution in [2.24, 2.45) is 23.7 Å². The van der Waals surface area contributed by atoms with Crippen LogP contribution in [0.1, 0.15) is 29.6 Å². The molecule has 112 valence electrons. The Balaban J connectivity index is 1.48. The second-order valence-corrected chi connectivity index (χ2v) is 7.16. The molecule has 4 atom stereocenters. The fourth-order valence-electron chi connectivity index (χ4n) is 4.78. The lowest BCUT2D eigenvalue weighted by Gasteiger charge is -2.15. The van der Waals surface area contributed by atoms with E-state index < -0.39 is 0 Å². The first kappa shape index (κ1) is 13.0. The molecule has 1 amide bonds. The molecule has 0 radical (unpaired) electrons. The maximum atomic E-state index is 11.9. The van der Waals surface area contributed by atoms with Gasteiger partial charge in [0.1, 0.15) is 0 Å². The van der Waals surface area contributed by atoms with Crippen LogP contribution in [0.5, 0.6) is 0 Å². The summed E-state index contributed by atoms with van der Waals surface area (Å²) >= 11 is 0. The Morgan fingerprint density at radius 1 is 1.24 bits per heavy atom. The smallest absolute Gasteiger partial charge is 0.253 e. The van der Waals surface area contributed by atoms with Crippen LogP contribution in [0.2, 0.25) is 0 Å². The summed E-state index contributed by atoms with van der Waals surface area (Å²) in [5.74, 6) is 3.66. The monoisotopic (exact) mass is 285 g/mol. The quantitative estimate of drug-likeness (QED) is 0.839. The molecule has 1 aromatic rings. The number of rotatable bonds is 3. The summed E-state index contributed by atoms with van der Waals surface area (Å²) in [6.07, 6.45) is 4.31. The van der Waals surface area contributed by atoms with Gasteiger partial charge in [0.25, 0.3) is 5.91 Å². The van der Waals surface area contributed by atoms with E-state index >= 15 is 0 Å². The van der Waals surface area contributed by atoms with Crippen LogP contribution in [-0.4, -0.2) is 30.9 Å². The van der Waals surface area contributed by atoms with Crippen LogP contribution in [0.4, 0.5) is 11.4 Å². The molecule has 4 heteroatoms. The Morgan fingerprint density at radius 2 is 1.90 bits per heavy atom. The van der Waals surface area contributed by atoms with Crippen molar-refractivity contribution in [3.05, 3.63) is 23.8 Å². The third-order valence-corrected chi connectivity index (χ3v) is 5.76. The Bertz CT molecular complexity index is 582. The van der Waals surface area contributed by atoms with Crippen LogP contribution >= 0.6 is 0 Å². The van der Waals surface area contributed by atoms with E-state index in [1.807, 2.05) is 12.1 Å². The first-order valence-corrected chi connectivity index (χ1v) is 7.94. The fraction of sp³-hybridized carbons (Fsp3) is 0.588. The summed E-state index contributed by atoms with van der Waals surface area (Å²) in [6, 6.07) is 6.24. The summed E-state index contributed by atoms with van der Waals surface area (Å²) in [4.78, 5) is 13.5. The number of carbonyl (C=O) groups is 1. The molecular weight excluding hydrogens is 262 g/mol. The van der Waals surface area contributed by atoms with Crippen molar-refractivity contribution in [2.75, 3.05) is 25.1 Å². The SMILES string of the molecule is CN(C)C(=O)c1ccc(NC2C3C4CCC(C4)C23)c(N)c1. The standard InChI is InChI=1S/C17H23N3O/c1-20(2)17(21)11-5-6-13(12(18)8-11)19-16-14-9-3-4-10(7-9)15(14)16/h5-6,8-10,14-16,19H,3-4,7,18H2,1-2H3. The van der Waals surface area contributed by atoms with E-state index in [2.05, 4.69) is 5.32 Å². The Labute approximate surface area is 125 Å². The van der Waals surface area contributed by atoms with Crippen molar-refractivity contribution in [2.45, 2.75) is 25.3 Å². The Kier molecular flexibility index (Phi) is 2.72. The lowest BCUT2D eigenvalue weighted by molar-refractivity contribution is 0.0827. The van der Waals surface area contributed by atoms with Crippen molar-refractivity contribution < 1.29 is 4.79 Å². The molecule has 3 saturated carbocycles. The van der Waals surface area contributed by atoms with Crippen LogP contribution in [0.25, 0.3) is 0 Å². The van der Waals surface area contributed by atoms with Crippen LogP contribution in [-0.2, 0) is 0 Å². The minimum absolute atomic E-state index is 0.00501. The normalized spacial score (nSPS) is 35.4. The highest BCUT2D eigenvalue weighted by Gasteiger charge is 2.65. The van der Waals surface area contributed by atoms with Gasteiger partial charge in [-0.15, -0.1) is 0 Å². The molecule has 4 unspecified atom stereocenters. The molecule has 0 saturated heterocycles. The van der Waals surface area contributed by atoms with E-state index in [0.717, 1.165) is 29.4 Å². The molecule has 4 rings (SSSR count). The molecule has 3 aliphatic rings. The largest absolute Gasteiger partial charge is 0.397 e. The molecule has 21 heavy (non-hydrogen) atoms. The number of hydrogen-bond acceptors (Lipinski definition) is 3. The van der Waals surface area contributed by atoms with Crippen molar-refractivity contribution >= 4 is 17.3 Å². The van der Waals surface area contributed by atoms with Crippen molar-refractivity contribution in [3.63, 3.8) is 0 Å². The fourth-order valence-corrected chi connectivity index (χ4v) is 4.78. The Hall–Kier alpha value is -1.71. The molecule has 0 heterocycles. The minimum atomic E-state index is -0.00501. The summed E-state index contributed by atoms with van der Waals surface area (Å²) in [5, 5.41) is 3.63. The van der Waals surface area contributed by atoms with Crippen molar-refractivity contribution in [1.82, 2.24) is 4.90 Å². The van der Waals surface area contributed by atoms with Gasteiger partial charge in [0.2, 0.25) is 0 Å². The zero-order chi connectivity index (χ0) is 14.7. The highest BCUT2D eigenvalue weighted by molar-refractivity contribution is 5.95. The summed E-state index contributed by atoms with van der Waals surface area (Å²) in [6.45, 7) is 0. The number of nitrogens with zero attached hydrogens (tertiary/aromatic N) is 1. The first-order chi connectivity index (χ1) is 10.1. The number of amides is 1. The van der Waals surface area contributed by atoms with E-state index in [4.69, 9.17) is 5.73 Å². The molecular formula is C17H23N3O. The van der Waals surface area contributed by atoms with Crippen LogP contribution in [0, 0.1) is 23.7 Å². The first-order valence-electron chi connectivity index (χ1n) is 7.94. The van der Waals surface area contributed by atoms with Crippen LogP contribution in [0.15, 0.2) is 18.2 Å². The molecule has 0 spiro atoms.